The van der Waals surface area contributed by atoms with Crippen molar-refractivity contribution in [3.05, 3.63) is 0 Å². The fraction of sp³-hybridized carbons (Fsp3) is 0.938. The van der Waals surface area contributed by atoms with Crippen LogP contribution in [-0.2, 0) is 9.84 Å². The van der Waals surface area contributed by atoms with Gasteiger partial charge in [-0.15, -0.1) is 0 Å². The summed E-state index contributed by atoms with van der Waals surface area (Å²) in [5, 5.41) is 3.38. The van der Waals surface area contributed by atoms with Gasteiger partial charge in [0.15, 0.2) is 15.8 Å². The van der Waals surface area contributed by atoms with E-state index in [0.29, 0.717) is 13.1 Å². The maximum absolute atomic E-state index is 12.1. The third-order valence-electron chi connectivity index (χ3n) is 4.63. The van der Waals surface area contributed by atoms with Crippen LogP contribution in [0.25, 0.3) is 0 Å². The molecule has 0 spiro atoms. The second-order valence-corrected chi connectivity index (χ2v) is 9.45. The number of aliphatic imine (C=N–C) groups is 1. The van der Waals surface area contributed by atoms with E-state index in [1.165, 1.54) is 0 Å². The van der Waals surface area contributed by atoms with Crippen LogP contribution in [0, 0.1) is 0 Å². The van der Waals surface area contributed by atoms with Crippen LogP contribution in [0.5, 0.6) is 0 Å². The minimum absolute atomic E-state index is 0.197. The molecular weight excluding hydrogens is 312 g/mol. The molecule has 1 fully saturated rings. The van der Waals surface area contributed by atoms with Gasteiger partial charge in [0.1, 0.15) is 0 Å². The largest absolute Gasteiger partial charge is 0.356 e. The predicted molar refractivity (Wildman–Crippen MR) is 97.8 cm³/mol. The quantitative estimate of drug-likeness (QED) is 0.426. The van der Waals surface area contributed by atoms with Crippen molar-refractivity contribution in [3.63, 3.8) is 0 Å². The number of rotatable bonds is 7. The van der Waals surface area contributed by atoms with E-state index in [-0.39, 0.29) is 5.75 Å². The van der Waals surface area contributed by atoms with Crippen molar-refractivity contribution >= 4 is 15.8 Å². The number of guanidine groups is 1. The number of nitrogens with zero attached hydrogens (tertiary/aromatic N) is 3. The molecule has 0 aromatic rings. The number of unbranched alkanes of at least 4 members (excludes halogenated alkanes) is 1. The number of nitrogens with one attached hydrogen (secondary N) is 1. The van der Waals surface area contributed by atoms with Gasteiger partial charge >= 0.3 is 0 Å². The second kappa shape index (κ2) is 8.87. The molecule has 0 amide bonds. The number of hydrogen-bond acceptors (Lipinski definition) is 4. The maximum Gasteiger partial charge on any atom is 0.193 e. The van der Waals surface area contributed by atoms with E-state index in [1.54, 1.807) is 20.9 Å². The molecule has 0 saturated carbocycles. The molecule has 1 N–H and O–H groups in total. The standard InChI is InChI=1S/C16H34N4O2S/c1-6-19(7-2)11-9-8-10-18-15(17-5)20-12-13-23(21,22)16(3,4)14-20/h6-14H2,1-5H3,(H,17,18). The highest BCUT2D eigenvalue weighted by molar-refractivity contribution is 7.92. The van der Waals surface area contributed by atoms with Gasteiger partial charge in [-0.3, -0.25) is 4.99 Å². The molecule has 0 aromatic carbocycles. The third-order valence-corrected chi connectivity index (χ3v) is 7.17. The summed E-state index contributed by atoms with van der Waals surface area (Å²) in [5.41, 5.74) is 0. The molecule has 136 valence electrons. The highest BCUT2D eigenvalue weighted by Gasteiger charge is 2.40. The lowest BCUT2D eigenvalue weighted by molar-refractivity contribution is 0.296. The lowest BCUT2D eigenvalue weighted by atomic mass is 10.2. The molecule has 6 nitrogen and oxygen atoms in total. The average Bonchev–Trinajstić information content (AvgIpc) is 2.50. The zero-order valence-electron chi connectivity index (χ0n) is 15.4. The highest BCUT2D eigenvalue weighted by Crippen LogP contribution is 2.23. The molecule has 1 rings (SSSR count). The molecule has 0 radical (unpaired) electrons. The molecular formula is C16H34N4O2S. The zero-order chi connectivity index (χ0) is 17.5. The zero-order valence-corrected chi connectivity index (χ0v) is 16.2. The van der Waals surface area contributed by atoms with Gasteiger partial charge < -0.3 is 15.1 Å². The first-order valence-electron chi connectivity index (χ1n) is 8.67. The van der Waals surface area contributed by atoms with E-state index in [2.05, 4.69) is 34.0 Å². The van der Waals surface area contributed by atoms with Crippen LogP contribution >= 0.6 is 0 Å². The molecule has 0 aromatic heterocycles. The van der Waals surface area contributed by atoms with Crippen molar-refractivity contribution in [2.75, 3.05) is 52.1 Å². The molecule has 1 aliphatic rings. The summed E-state index contributed by atoms with van der Waals surface area (Å²) in [4.78, 5) is 8.80. The van der Waals surface area contributed by atoms with Gasteiger partial charge in [-0.25, -0.2) is 8.42 Å². The van der Waals surface area contributed by atoms with Crippen LogP contribution in [0.2, 0.25) is 0 Å². The van der Waals surface area contributed by atoms with Crippen LogP contribution in [0.15, 0.2) is 4.99 Å². The Morgan fingerprint density at radius 3 is 2.43 bits per heavy atom. The Morgan fingerprint density at radius 2 is 1.91 bits per heavy atom. The molecule has 0 unspecified atom stereocenters. The normalized spacial score (nSPS) is 20.8. The number of hydrogen-bond donors (Lipinski definition) is 1. The summed E-state index contributed by atoms with van der Waals surface area (Å²) >= 11 is 0. The highest BCUT2D eigenvalue weighted by atomic mass is 32.2. The van der Waals surface area contributed by atoms with E-state index < -0.39 is 14.6 Å². The lowest BCUT2D eigenvalue weighted by Gasteiger charge is -2.39. The summed E-state index contributed by atoms with van der Waals surface area (Å²) in [6, 6.07) is 0. The Labute approximate surface area is 142 Å². The number of sulfone groups is 1. The first-order valence-corrected chi connectivity index (χ1v) is 10.3. The van der Waals surface area contributed by atoms with Gasteiger partial charge in [-0.1, -0.05) is 13.8 Å². The van der Waals surface area contributed by atoms with Crippen molar-refractivity contribution in [2.24, 2.45) is 4.99 Å². The summed E-state index contributed by atoms with van der Waals surface area (Å²) < 4.78 is 23.5. The van der Waals surface area contributed by atoms with Crippen molar-refractivity contribution in [1.29, 1.82) is 0 Å². The Balaban J connectivity index is 2.41. The Morgan fingerprint density at radius 1 is 1.26 bits per heavy atom. The average molecular weight is 347 g/mol. The van der Waals surface area contributed by atoms with E-state index in [9.17, 15) is 8.42 Å². The lowest BCUT2D eigenvalue weighted by Crippen LogP contribution is -2.57. The first-order chi connectivity index (χ1) is 10.8. The minimum atomic E-state index is -3.01. The van der Waals surface area contributed by atoms with Crippen molar-refractivity contribution < 1.29 is 8.42 Å². The topological polar surface area (TPSA) is 65.0 Å². The van der Waals surface area contributed by atoms with E-state index in [4.69, 9.17) is 0 Å². The molecule has 1 saturated heterocycles. The van der Waals surface area contributed by atoms with Crippen molar-refractivity contribution in [1.82, 2.24) is 15.1 Å². The molecule has 0 aliphatic carbocycles. The van der Waals surface area contributed by atoms with Gasteiger partial charge in [-0.05, 0) is 46.3 Å². The van der Waals surface area contributed by atoms with Gasteiger partial charge in [0.05, 0.1) is 10.5 Å². The van der Waals surface area contributed by atoms with Crippen molar-refractivity contribution in [3.8, 4) is 0 Å². The molecule has 1 heterocycles. The smallest absolute Gasteiger partial charge is 0.193 e. The van der Waals surface area contributed by atoms with Gasteiger partial charge in [0.2, 0.25) is 0 Å². The summed E-state index contributed by atoms with van der Waals surface area (Å²) in [6.45, 7) is 13.2. The predicted octanol–water partition coefficient (Wildman–Crippen LogP) is 1.19. The Hall–Kier alpha value is -0.820. The van der Waals surface area contributed by atoms with Crippen molar-refractivity contribution in [2.45, 2.75) is 45.3 Å². The summed E-state index contributed by atoms with van der Waals surface area (Å²) in [6.07, 6.45) is 2.25. The van der Waals surface area contributed by atoms with Crippen LogP contribution in [0.1, 0.15) is 40.5 Å². The van der Waals surface area contributed by atoms with Crippen LogP contribution in [-0.4, -0.2) is 81.0 Å². The first kappa shape index (κ1) is 20.2. The fourth-order valence-corrected chi connectivity index (χ4v) is 4.22. The Bertz CT molecular complexity index is 484. The minimum Gasteiger partial charge on any atom is -0.356 e. The van der Waals surface area contributed by atoms with E-state index in [1.807, 2.05) is 0 Å². The molecule has 23 heavy (non-hydrogen) atoms. The molecule has 0 bridgehead atoms. The molecule has 7 heteroatoms. The monoisotopic (exact) mass is 346 g/mol. The third kappa shape index (κ3) is 5.64. The SMILES string of the molecule is CCN(CC)CCCCNC(=NC)N1CCS(=O)(=O)C(C)(C)C1. The van der Waals surface area contributed by atoms with Gasteiger partial charge in [0, 0.05) is 26.7 Å². The van der Waals surface area contributed by atoms with Gasteiger partial charge in [0.25, 0.3) is 0 Å². The van der Waals surface area contributed by atoms with Crippen LogP contribution < -0.4 is 5.32 Å². The molecule has 1 aliphatic heterocycles. The summed E-state index contributed by atoms with van der Waals surface area (Å²) in [7, 11) is -1.25. The van der Waals surface area contributed by atoms with E-state index in [0.717, 1.165) is 45.0 Å². The fourth-order valence-electron chi connectivity index (χ4n) is 2.86. The molecule has 0 atom stereocenters. The van der Waals surface area contributed by atoms with Crippen LogP contribution in [0.3, 0.4) is 0 Å². The van der Waals surface area contributed by atoms with Crippen LogP contribution in [0.4, 0.5) is 0 Å². The summed E-state index contributed by atoms with van der Waals surface area (Å²) in [5.74, 6) is 1.01. The van der Waals surface area contributed by atoms with Gasteiger partial charge in [-0.2, -0.15) is 0 Å². The maximum atomic E-state index is 12.1. The second-order valence-electron chi connectivity index (χ2n) is 6.71. The van der Waals surface area contributed by atoms with E-state index >= 15 is 0 Å². The Kier molecular flexibility index (Phi) is 7.80.